The summed E-state index contributed by atoms with van der Waals surface area (Å²) in [5, 5.41) is 3.38. The number of rotatable bonds is 8. The van der Waals surface area contributed by atoms with Crippen LogP contribution in [-0.2, 0) is 9.53 Å². The van der Waals surface area contributed by atoms with E-state index in [4.69, 9.17) is 10.5 Å². The monoisotopic (exact) mass is 257 g/mol. The van der Waals surface area contributed by atoms with Crippen molar-refractivity contribution in [2.45, 2.75) is 45.3 Å². The number of carbonyl (C=O) groups excluding carboxylic acids is 1. The summed E-state index contributed by atoms with van der Waals surface area (Å²) >= 11 is 0. The van der Waals surface area contributed by atoms with Gasteiger partial charge in [-0.2, -0.15) is 0 Å². The molecule has 18 heavy (non-hydrogen) atoms. The van der Waals surface area contributed by atoms with Crippen LogP contribution < -0.4 is 11.1 Å². The minimum absolute atomic E-state index is 0.210. The summed E-state index contributed by atoms with van der Waals surface area (Å²) < 4.78 is 5.72. The molecule has 0 bridgehead atoms. The highest BCUT2D eigenvalue weighted by Gasteiger charge is 2.21. The number of nitrogens with two attached hydrogens (primary N) is 1. The molecule has 1 rings (SSSR count). The third kappa shape index (κ3) is 6.33. The third-order valence-corrected chi connectivity index (χ3v) is 3.30. The molecule has 0 spiro atoms. The molecular formula is C13H27N3O2. The lowest BCUT2D eigenvalue weighted by molar-refractivity contribution is -0.118. The van der Waals surface area contributed by atoms with Crippen LogP contribution in [-0.4, -0.2) is 55.7 Å². The lowest BCUT2D eigenvalue weighted by atomic mass is 10.2. The van der Waals surface area contributed by atoms with Crippen molar-refractivity contribution in [3.8, 4) is 0 Å². The lowest BCUT2D eigenvalue weighted by Crippen LogP contribution is -2.49. The largest absolute Gasteiger partial charge is 0.374 e. The normalized spacial score (nSPS) is 21.4. The van der Waals surface area contributed by atoms with Crippen LogP contribution in [0, 0.1) is 0 Å². The van der Waals surface area contributed by atoms with Gasteiger partial charge in [0, 0.05) is 32.1 Å². The molecule has 3 N–H and O–H groups in total. The summed E-state index contributed by atoms with van der Waals surface area (Å²) in [6.45, 7) is 9.12. The molecular weight excluding hydrogens is 230 g/mol. The van der Waals surface area contributed by atoms with E-state index in [-0.39, 0.29) is 12.0 Å². The number of nitrogens with one attached hydrogen (secondary N) is 1. The summed E-state index contributed by atoms with van der Waals surface area (Å²) in [6.07, 6.45) is 2.63. The summed E-state index contributed by atoms with van der Waals surface area (Å²) in [6, 6.07) is 0.590. The van der Waals surface area contributed by atoms with E-state index in [1.807, 2.05) is 0 Å². The van der Waals surface area contributed by atoms with Crippen molar-refractivity contribution in [3.63, 3.8) is 0 Å². The number of morpholine rings is 1. The van der Waals surface area contributed by atoms with E-state index in [9.17, 15) is 4.79 Å². The molecule has 0 aliphatic carbocycles. The maximum atomic E-state index is 10.6. The summed E-state index contributed by atoms with van der Waals surface area (Å²) in [5.74, 6) is -0.210. The van der Waals surface area contributed by atoms with Crippen LogP contribution in [0.25, 0.3) is 0 Å². The number of unbranched alkanes of at least 4 members (excludes halogenated alkanes) is 1. The first-order chi connectivity index (χ1) is 8.59. The van der Waals surface area contributed by atoms with Crippen molar-refractivity contribution in [3.05, 3.63) is 0 Å². The SMILES string of the molecule is CC(C)N1CCOC(CNCCCCC(N)=O)C1. The van der Waals surface area contributed by atoms with Crippen LogP contribution in [0.3, 0.4) is 0 Å². The summed E-state index contributed by atoms with van der Waals surface area (Å²) in [7, 11) is 0. The second kappa shape index (κ2) is 8.45. The minimum atomic E-state index is -0.210. The predicted molar refractivity (Wildman–Crippen MR) is 72.4 cm³/mol. The molecule has 1 fully saturated rings. The summed E-state index contributed by atoms with van der Waals surface area (Å²) in [4.78, 5) is 13.0. The average Bonchev–Trinajstić information content (AvgIpc) is 2.33. The topological polar surface area (TPSA) is 67.6 Å². The van der Waals surface area contributed by atoms with Gasteiger partial charge in [-0.05, 0) is 33.2 Å². The Morgan fingerprint density at radius 3 is 2.94 bits per heavy atom. The van der Waals surface area contributed by atoms with Gasteiger partial charge >= 0.3 is 0 Å². The minimum Gasteiger partial charge on any atom is -0.374 e. The fourth-order valence-electron chi connectivity index (χ4n) is 2.15. The first-order valence-electron chi connectivity index (χ1n) is 6.94. The van der Waals surface area contributed by atoms with Crippen molar-refractivity contribution in [2.24, 2.45) is 5.73 Å². The van der Waals surface area contributed by atoms with Crippen molar-refractivity contribution >= 4 is 5.91 Å². The molecule has 0 aromatic heterocycles. The molecule has 1 atom stereocenters. The van der Waals surface area contributed by atoms with Gasteiger partial charge in [-0.15, -0.1) is 0 Å². The maximum Gasteiger partial charge on any atom is 0.217 e. The van der Waals surface area contributed by atoms with Crippen molar-refractivity contribution in [1.82, 2.24) is 10.2 Å². The zero-order valence-corrected chi connectivity index (χ0v) is 11.7. The van der Waals surface area contributed by atoms with E-state index in [2.05, 4.69) is 24.1 Å². The lowest BCUT2D eigenvalue weighted by Gasteiger charge is -2.35. The van der Waals surface area contributed by atoms with Crippen LogP contribution in [0.15, 0.2) is 0 Å². The summed E-state index contributed by atoms with van der Waals surface area (Å²) in [5.41, 5.74) is 5.08. The number of ether oxygens (including phenoxy) is 1. The Balaban J connectivity index is 2.03. The fraction of sp³-hybridized carbons (Fsp3) is 0.923. The molecule has 5 nitrogen and oxygen atoms in total. The second-order valence-corrected chi connectivity index (χ2v) is 5.21. The average molecular weight is 257 g/mol. The molecule has 0 aromatic carbocycles. The van der Waals surface area contributed by atoms with Crippen LogP contribution in [0.4, 0.5) is 0 Å². The van der Waals surface area contributed by atoms with E-state index in [1.165, 1.54) is 0 Å². The van der Waals surface area contributed by atoms with Gasteiger partial charge in [-0.1, -0.05) is 0 Å². The van der Waals surface area contributed by atoms with Gasteiger partial charge in [0.1, 0.15) is 0 Å². The highest BCUT2D eigenvalue weighted by Crippen LogP contribution is 2.08. The number of hydrogen-bond acceptors (Lipinski definition) is 4. The molecule has 1 aliphatic heterocycles. The molecule has 1 heterocycles. The predicted octanol–water partition coefficient (Wildman–Crippen LogP) is 0.341. The van der Waals surface area contributed by atoms with Crippen LogP contribution >= 0.6 is 0 Å². The van der Waals surface area contributed by atoms with Gasteiger partial charge in [-0.25, -0.2) is 0 Å². The van der Waals surface area contributed by atoms with Gasteiger partial charge < -0.3 is 15.8 Å². The van der Waals surface area contributed by atoms with Crippen molar-refractivity contribution in [2.75, 3.05) is 32.8 Å². The molecule has 1 saturated heterocycles. The van der Waals surface area contributed by atoms with Crippen molar-refractivity contribution in [1.29, 1.82) is 0 Å². The molecule has 0 aromatic rings. The molecule has 1 unspecified atom stereocenters. The number of nitrogens with zero attached hydrogens (tertiary/aromatic N) is 1. The first-order valence-corrected chi connectivity index (χ1v) is 6.94. The Kier molecular flexibility index (Phi) is 7.23. The van der Waals surface area contributed by atoms with Crippen LogP contribution in [0.2, 0.25) is 0 Å². The molecule has 5 heteroatoms. The molecule has 0 saturated carbocycles. The van der Waals surface area contributed by atoms with E-state index in [1.54, 1.807) is 0 Å². The number of carbonyl (C=O) groups is 1. The van der Waals surface area contributed by atoms with Gasteiger partial charge in [0.25, 0.3) is 0 Å². The molecule has 0 radical (unpaired) electrons. The number of primary amides is 1. The van der Waals surface area contributed by atoms with Crippen LogP contribution in [0.1, 0.15) is 33.1 Å². The highest BCUT2D eigenvalue weighted by molar-refractivity contribution is 5.73. The Hall–Kier alpha value is -0.650. The Morgan fingerprint density at radius 2 is 2.28 bits per heavy atom. The zero-order valence-electron chi connectivity index (χ0n) is 11.7. The Labute approximate surface area is 110 Å². The standard InChI is InChI=1S/C13H27N3O2/c1-11(2)16-7-8-18-12(10-16)9-15-6-4-3-5-13(14)17/h11-12,15H,3-10H2,1-2H3,(H2,14,17). The quantitative estimate of drug-likeness (QED) is 0.615. The third-order valence-electron chi connectivity index (χ3n) is 3.30. The van der Waals surface area contributed by atoms with Gasteiger partial charge in [0.05, 0.1) is 12.7 Å². The number of hydrogen-bond donors (Lipinski definition) is 2. The number of amides is 1. The maximum absolute atomic E-state index is 10.6. The highest BCUT2D eigenvalue weighted by atomic mass is 16.5. The Bertz CT molecular complexity index is 246. The zero-order chi connectivity index (χ0) is 13.4. The van der Waals surface area contributed by atoms with Gasteiger partial charge in [-0.3, -0.25) is 9.69 Å². The first kappa shape index (κ1) is 15.4. The van der Waals surface area contributed by atoms with Gasteiger partial charge in [0.2, 0.25) is 5.91 Å². The fourth-order valence-corrected chi connectivity index (χ4v) is 2.15. The Morgan fingerprint density at radius 1 is 1.50 bits per heavy atom. The van der Waals surface area contributed by atoms with Crippen molar-refractivity contribution < 1.29 is 9.53 Å². The van der Waals surface area contributed by atoms with E-state index >= 15 is 0 Å². The van der Waals surface area contributed by atoms with E-state index in [0.717, 1.165) is 45.6 Å². The molecule has 106 valence electrons. The smallest absolute Gasteiger partial charge is 0.217 e. The van der Waals surface area contributed by atoms with E-state index < -0.39 is 0 Å². The second-order valence-electron chi connectivity index (χ2n) is 5.21. The molecule has 1 amide bonds. The van der Waals surface area contributed by atoms with E-state index in [0.29, 0.717) is 12.5 Å². The molecule has 1 aliphatic rings. The van der Waals surface area contributed by atoms with Crippen LogP contribution in [0.5, 0.6) is 0 Å². The van der Waals surface area contributed by atoms with Gasteiger partial charge in [0.15, 0.2) is 0 Å².